The summed E-state index contributed by atoms with van der Waals surface area (Å²) < 4.78 is 4.57. The Morgan fingerprint density at radius 2 is 1.02 bits per heavy atom. The standard InChI is InChI=1S/C44H26N4/c1-46-40-21-20-33(47-43-18-10-7-15-37(43)39-23-29(28-45)19-22-44(39)47)27-38(40)32-24-31(30-11-3-2-4-12-30)25-34(26-32)48-41-16-8-5-13-35(41)36-14-6-9-17-42(36)48/h2-27H. The van der Waals surface area contributed by atoms with E-state index < -0.39 is 0 Å². The highest BCUT2D eigenvalue weighted by atomic mass is 15.0. The van der Waals surface area contributed by atoms with Crippen LogP contribution in [0.3, 0.4) is 0 Å². The molecular formula is C44H26N4. The number of aromatic nitrogens is 2. The molecule has 7 aromatic carbocycles. The second kappa shape index (κ2) is 10.9. The van der Waals surface area contributed by atoms with Crippen LogP contribution in [0.25, 0.3) is 82.1 Å². The fraction of sp³-hybridized carbons (Fsp3) is 0. The molecule has 9 rings (SSSR count). The van der Waals surface area contributed by atoms with Crippen molar-refractivity contribution in [3.63, 3.8) is 0 Å². The minimum absolute atomic E-state index is 0.588. The molecule has 0 amide bonds. The van der Waals surface area contributed by atoms with Gasteiger partial charge in [0.15, 0.2) is 5.69 Å². The average Bonchev–Trinajstić information content (AvgIpc) is 3.67. The molecule has 2 heterocycles. The fourth-order valence-electron chi connectivity index (χ4n) is 7.21. The highest BCUT2D eigenvalue weighted by Crippen LogP contribution is 2.41. The predicted molar refractivity (Wildman–Crippen MR) is 197 cm³/mol. The van der Waals surface area contributed by atoms with Crippen LogP contribution >= 0.6 is 0 Å². The molecule has 4 nitrogen and oxygen atoms in total. The lowest BCUT2D eigenvalue weighted by Gasteiger charge is -2.16. The number of rotatable bonds is 4. The summed E-state index contributed by atoms with van der Waals surface area (Å²) in [6.45, 7) is 8.19. The van der Waals surface area contributed by atoms with Crippen LogP contribution < -0.4 is 0 Å². The van der Waals surface area contributed by atoms with Crippen LogP contribution in [0.15, 0.2) is 158 Å². The van der Waals surface area contributed by atoms with E-state index in [1.807, 2.05) is 48.5 Å². The van der Waals surface area contributed by atoms with Crippen molar-refractivity contribution in [1.29, 1.82) is 5.26 Å². The van der Waals surface area contributed by atoms with E-state index in [2.05, 4.69) is 129 Å². The second-order valence-corrected chi connectivity index (χ2v) is 12.0. The number of nitriles is 1. The van der Waals surface area contributed by atoms with E-state index in [-0.39, 0.29) is 0 Å². The Morgan fingerprint density at radius 3 is 1.67 bits per heavy atom. The summed E-state index contributed by atoms with van der Waals surface area (Å²) in [6, 6.07) is 56.7. The van der Waals surface area contributed by atoms with Gasteiger partial charge in [-0.15, -0.1) is 0 Å². The molecule has 0 aliphatic rings. The predicted octanol–water partition coefficient (Wildman–Crippen LogP) is 11.6. The van der Waals surface area contributed by atoms with Gasteiger partial charge in [-0.1, -0.05) is 91.0 Å². The largest absolute Gasteiger partial charge is 0.309 e. The van der Waals surface area contributed by atoms with Crippen molar-refractivity contribution in [2.45, 2.75) is 0 Å². The summed E-state index contributed by atoms with van der Waals surface area (Å²) in [5.74, 6) is 0. The Balaban J connectivity index is 1.33. The van der Waals surface area contributed by atoms with Gasteiger partial charge in [0.05, 0.1) is 40.3 Å². The zero-order chi connectivity index (χ0) is 32.2. The normalized spacial score (nSPS) is 11.3. The first-order valence-corrected chi connectivity index (χ1v) is 15.9. The van der Waals surface area contributed by atoms with Gasteiger partial charge >= 0.3 is 0 Å². The Kier molecular flexibility index (Phi) is 6.22. The molecule has 222 valence electrons. The topological polar surface area (TPSA) is 38.0 Å². The van der Waals surface area contributed by atoms with Crippen LogP contribution in [0.5, 0.6) is 0 Å². The maximum Gasteiger partial charge on any atom is 0.195 e. The maximum atomic E-state index is 9.64. The van der Waals surface area contributed by atoms with Crippen LogP contribution in [0, 0.1) is 17.9 Å². The molecule has 2 aromatic heterocycles. The summed E-state index contributed by atoms with van der Waals surface area (Å²) in [5, 5.41) is 14.2. The van der Waals surface area contributed by atoms with E-state index in [0.29, 0.717) is 11.3 Å². The van der Waals surface area contributed by atoms with Gasteiger partial charge in [0.25, 0.3) is 0 Å². The minimum atomic E-state index is 0.588. The molecule has 0 bridgehead atoms. The van der Waals surface area contributed by atoms with Gasteiger partial charge in [0.1, 0.15) is 0 Å². The highest BCUT2D eigenvalue weighted by Gasteiger charge is 2.18. The van der Waals surface area contributed by atoms with E-state index in [0.717, 1.165) is 66.5 Å². The summed E-state index contributed by atoms with van der Waals surface area (Å²) in [5.41, 5.74) is 11.6. The van der Waals surface area contributed by atoms with Gasteiger partial charge in [-0.3, -0.25) is 0 Å². The summed E-state index contributed by atoms with van der Waals surface area (Å²) >= 11 is 0. The minimum Gasteiger partial charge on any atom is -0.309 e. The third-order valence-corrected chi connectivity index (χ3v) is 9.33. The first kappa shape index (κ1) is 27.4. The molecule has 0 N–H and O–H groups in total. The lowest BCUT2D eigenvalue weighted by atomic mass is 9.96. The molecular weight excluding hydrogens is 585 g/mol. The molecule has 0 atom stereocenters. The molecule has 0 saturated carbocycles. The van der Waals surface area contributed by atoms with E-state index in [9.17, 15) is 5.26 Å². The lowest BCUT2D eigenvalue weighted by molar-refractivity contribution is 1.17. The van der Waals surface area contributed by atoms with E-state index in [1.54, 1.807) is 0 Å². The monoisotopic (exact) mass is 610 g/mol. The number of para-hydroxylation sites is 3. The third kappa shape index (κ3) is 4.22. The number of fused-ring (bicyclic) bond motifs is 6. The van der Waals surface area contributed by atoms with Crippen molar-refractivity contribution in [3.05, 3.63) is 175 Å². The molecule has 0 unspecified atom stereocenters. The van der Waals surface area contributed by atoms with E-state index in [1.165, 1.54) is 10.8 Å². The van der Waals surface area contributed by atoms with E-state index in [4.69, 9.17) is 6.57 Å². The molecule has 0 spiro atoms. The smallest absolute Gasteiger partial charge is 0.195 e. The Morgan fingerprint density at radius 1 is 0.458 bits per heavy atom. The number of hydrogen-bond donors (Lipinski definition) is 0. The van der Waals surface area contributed by atoms with Crippen LogP contribution in [0.2, 0.25) is 0 Å². The molecule has 9 aromatic rings. The zero-order valence-electron chi connectivity index (χ0n) is 25.8. The average molecular weight is 611 g/mol. The lowest BCUT2D eigenvalue weighted by Crippen LogP contribution is -1.97. The molecule has 0 aliphatic heterocycles. The van der Waals surface area contributed by atoms with Gasteiger partial charge in [-0.25, -0.2) is 4.85 Å². The third-order valence-electron chi connectivity index (χ3n) is 9.33. The van der Waals surface area contributed by atoms with E-state index >= 15 is 0 Å². The fourth-order valence-corrected chi connectivity index (χ4v) is 7.21. The van der Waals surface area contributed by atoms with Crippen molar-refractivity contribution in [2.24, 2.45) is 0 Å². The van der Waals surface area contributed by atoms with Crippen molar-refractivity contribution >= 4 is 49.3 Å². The first-order chi connectivity index (χ1) is 23.7. The van der Waals surface area contributed by atoms with Crippen LogP contribution in [-0.4, -0.2) is 9.13 Å². The Bertz CT molecular complexity index is 2750. The van der Waals surface area contributed by atoms with Crippen molar-refractivity contribution in [2.75, 3.05) is 0 Å². The molecule has 4 heteroatoms. The number of hydrogen-bond acceptors (Lipinski definition) is 1. The molecule has 0 aliphatic carbocycles. The van der Waals surface area contributed by atoms with Crippen molar-refractivity contribution in [3.8, 4) is 39.7 Å². The van der Waals surface area contributed by atoms with Crippen molar-refractivity contribution < 1.29 is 0 Å². The molecule has 0 saturated heterocycles. The van der Waals surface area contributed by atoms with Crippen molar-refractivity contribution in [1.82, 2.24) is 9.13 Å². The first-order valence-electron chi connectivity index (χ1n) is 15.9. The molecule has 0 radical (unpaired) electrons. The van der Waals surface area contributed by atoms with Crippen LogP contribution in [0.4, 0.5) is 5.69 Å². The second-order valence-electron chi connectivity index (χ2n) is 12.0. The molecule has 48 heavy (non-hydrogen) atoms. The quantitative estimate of drug-likeness (QED) is 0.183. The molecule has 0 fully saturated rings. The van der Waals surface area contributed by atoms with Crippen LogP contribution in [-0.2, 0) is 0 Å². The zero-order valence-corrected chi connectivity index (χ0v) is 25.8. The summed E-state index contributed by atoms with van der Waals surface area (Å²) in [7, 11) is 0. The summed E-state index contributed by atoms with van der Waals surface area (Å²) in [6.07, 6.45) is 0. The van der Waals surface area contributed by atoms with Crippen LogP contribution in [0.1, 0.15) is 5.56 Å². The van der Waals surface area contributed by atoms with Gasteiger partial charge in [-0.2, -0.15) is 5.26 Å². The van der Waals surface area contributed by atoms with Gasteiger partial charge in [-0.05, 0) is 89.0 Å². The van der Waals surface area contributed by atoms with Gasteiger partial charge < -0.3 is 9.13 Å². The number of nitrogens with zero attached hydrogens (tertiary/aromatic N) is 4. The van der Waals surface area contributed by atoms with Gasteiger partial charge in [0.2, 0.25) is 0 Å². The Hall–Kier alpha value is -6.88. The highest BCUT2D eigenvalue weighted by molar-refractivity contribution is 6.10. The van der Waals surface area contributed by atoms with Gasteiger partial charge in [0, 0.05) is 32.9 Å². The number of benzene rings is 7. The summed E-state index contributed by atoms with van der Waals surface area (Å²) in [4.78, 5) is 4.01. The SMILES string of the molecule is [C-]#[N+]c1ccc(-n2c3ccccc3c3cc(C#N)ccc32)cc1-c1cc(-c2ccccc2)cc(-n2c3ccccc3c3ccccc32)c1. The Labute approximate surface area is 277 Å². The maximum absolute atomic E-state index is 9.64.